The summed E-state index contributed by atoms with van der Waals surface area (Å²) in [4.78, 5) is 13.3. The Balaban J connectivity index is 1.56. The standard InChI is InChI=1S/C23H25NO3/c1-23(2)18-12-14(26-15-6-5-11-24-13-15)9-10-16(18)21(25)20-17-7-3-4-8-19(17)27-22(20)23/h3-4,7-8,12,15,24H,5-6,9-11,13H2,1-2H3. The Morgan fingerprint density at radius 2 is 2.07 bits per heavy atom. The van der Waals surface area contributed by atoms with Crippen molar-refractivity contribution in [3.8, 4) is 0 Å². The first-order valence-corrected chi connectivity index (χ1v) is 9.94. The van der Waals surface area contributed by atoms with E-state index in [9.17, 15) is 4.79 Å². The lowest BCUT2D eigenvalue weighted by molar-refractivity contribution is 0.0849. The lowest BCUT2D eigenvalue weighted by Gasteiger charge is -2.35. The molecule has 0 radical (unpaired) electrons. The molecule has 1 aromatic heterocycles. The van der Waals surface area contributed by atoms with E-state index in [1.165, 1.54) is 0 Å². The van der Waals surface area contributed by atoms with Gasteiger partial charge in [0.15, 0.2) is 5.78 Å². The molecule has 1 aromatic carbocycles. The Labute approximate surface area is 159 Å². The Kier molecular flexibility index (Phi) is 3.80. The molecule has 1 unspecified atom stereocenters. The minimum absolute atomic E-state index is 0.124. The monoisotopic (exact) mass is 363 g/mol. The number of carbonyl (C=O) groups excluding carboxylic acids is 1. The van der Waals surface area contributed by atoms with Gasteiger partial charge >= 0.3 is 0 Å². The second kappa shape index (κ2) is 6.10. The Bertz CT molecular complexity index is 986. The smallest absolute Gasteiger partial charge is 0.193 e. The molecule has 1 fully saturated rings. The van der Waals surface area contributed by atoms with Crippen LogP contribution in [0.2, 0.25) is 0 Å². The molecule has 1 N–H and O–H groups in total. The number of piperidine rings is 1. The summed E-state index contributed by atoms with van der Waals surface area (Å²) in [7, 11) is 0. The third-order valence-corrected chi connectivity index (χ3v) is 6.16. The zero-order valence-electron chi connectivity index (χ0n) is 15.9. The number of furan rings is 1. The molecule has 5 rings (SSSR count). The molecule has 0 saturated carbocycles. The number of para-hydroxylation sites is 1. The first-order chi connectivity index (χ1) is 13.1. The summed E-state index contributed by atoms with van der Waals surface area (Å²) in [5, 5.41) is 4.33. The van der Waals surface area contributed by atoms with Gasteiger partial charge in [-0.3, -0.25) is 4.79 Å². The number of hydrogen-bond donors (Lipinski definition) is 1. The van der Waals surface area contributed by atoms with Crippen LogP contribution in [0.3, 0.4) is 0 Å². The van der Waals surface area contributed by atoms with Gasteiger partial charge in [0, 0.05) is 29.3 Å². The van der Waals surface area contributed by atoms with Crippen molar-refractivity contribution in [2.45, 2.75) is 51.0 Å². The maximum Gasteiger partial charge on any atom is 0.193 e. The topological polar surface area (TPSA) is 51.5 Å². The van der Waals surface area contributed by atoms with Crippen molar-refractivity contribution >= 4 is 16.8 Å². The van der Waals surface area contributed by atoms with Gasteiger partial charge in [0.2, 0.25) is 0 Å². The maximum absolute atomic E-state index is 13.3. The van der Waals surface area contributed by atoms with Crippen molar-refractivity contribution in [1.82, 2.24) is 5.32 Å². The summed E-state index contributed by atoms with van der Waals surface area (Å²) >= 11 is 0. The van der Waals surface area contributed by atoms with E-state index in [0.717, 1.165) is 78.0 Å². The summed E-state index contributed by atoms with van der Waals surface area (Å²) in [6.45, 7) is 6.28. The number of allylic oxidation sites excluding steroid dienone is 4. The van der Waals surface area contributed by atoms with Gasteiger partial charge in [-0.1, -0.05) is 18.2 Å². The Morgan fingerprint density at radius 1 is 1.22 bits per heavy atom. The van der Waals surface area contributed by atoms with Crippen molar-refractivity contribution in [1.29, 1.82) is 0 Å². The molecule has 1 saturated heterocycles. The van der Waals surface area contributed by atoms with Crippen molar-refractivity contribution in [2.75, 3.05) is 13.1 Å². The predicted molar refractivity (Wildman–Crippen MR) is 105 cm³/mol. The van der Waals surface area contributed by atoms with Crippen LogP contribution in [-0.2, 0) is 10.2 Å². The van der Waals surface area contributed by atoms with Crippen molar-refractivity contribution < 1.29 is 13.9 Å². The molecule has 2 aromatic rings. The normalized spacial score (nSPS) is 24.4. The fraction of sp³-hybridized carbons (Fsp3) is 0.435. The molecular formula is C23H25NO3. The van der Waals surface area contributed by atoms with Gasteiger partial charge in [0.05, 0.1) is 11.3 Å². The lowest BCUT2D eigenvalue weighted by atomic mass is 9.69. The molecule has 4 nitrogen and oxygen atoms in total. The highest BCUT2D eigenvalue weighted by molar-refractivity contribution is 6.19. The Hall–Kier alpha value is -2.33. The maximum atomic E-state index is 13.3. The number of Topliss-reactive ketones (excluding diaryl/α,β-unsaturated/α-hetero) is 1. The number of benzene rings is 1. The van der Waals surface area contributed by atoms with Crippen LogP contribution in [0.5, 0.6) is 0 Å². The van der Waals surface area contributed by atoms with Gasteiger partial charge in [-0.2, -0.15) is 0 Å². The number of ether oxygens (including phenoxy) is 1. The third-order valence-electron chi connectivity index (χ3n) is 6.16. The molecular weight excluding hydrogens is 338 g/mol. The quantitative estimate of drug-likeness (QED) is 0.844. The fourth-order valence-corrected chi connectivity index (χ4v) is 4.71. The molecule has 27 heavy (non-hydrogen) atoms. The van der Waals surface area contributed by atoms with E-state index in [1.807, 2.05) is 24.3 Å². The highest BCUT2D eigenvalue weighted by Crippen LogP contribution is 2.48. The van der Waals surface area contributed by atoms with E-state index < -0.39 is 0 Å². The molecule has 4 heteroatoms. The van der Waals surface area contributed by atoms with Gasteiger partial charge < -0.3 is 14.5 Å². The molecule has 1 atom stereocenters. The van der Waals surface area contributed by atoms with Crippen LogP contribution < -0.4 is 5.32 Å². The average molecular weight is 363 g/mol. The average Bonchev–Trinajstić information content (AvgIpc) is 3.08. The van der Waals surface area contributed by atoms with Gasteiger partial charge in [-0.15, -0.1) is 0 Å². The van der Waals surface area contributed by atoms with E-state index in [2.05, 4.69) is 25.2 Å². The fourth-order valence-electron chi connectivity index (χ4n) is 4.71. The van der Waals surface area contributed by atoms with Crippen LogP contribution in [0.4, 0.5) is 0 Å². The highest BCUT2D eigenvalue weighted by Gasteiger charge is 2.43. The zero-order chi connectivity index (χ0) is 18.6. The van der Waals surface area contributed by atoms with Crippen LogP contribution in [0.25, 0.3) is 11.0 Å². The van der Waals surface area contributed by atoms with Crippen LogP contribution in [0, 0.1) is 0 Å². The minimum atomic E-state index is -0.350. The van der Waals surface area contributed by atoms with E-state index in [4.69, 9.17) is 9.15 Å². The molecule has 1 aliphatic heterocycles. The largest absolute Gasteiger partial charge is 0.493 e. The predicted octanol–water partition coefficient (Wildman–Crippen LogP) is 4.65. The van der Waals surface area contributed by atoms with Crippen LogP contribution in [0.15, 0.2) is 51.7 Å². The zero-order valence-corrected chi connectivity index (χ0v) is 15.9. The molecule has 140 valence electrons. The molecule has 0 spiro atoms. The van der Waals surface area contributed by atoms with Crippen molar-refractivity contribution in [2.24, 2.45) is 0 Å². The van der Waals surface area contributed by atoms with Crippen LogP contribution in [-0.4, -0.2) is 25.0 Å². The number of carbonyl (C=O) groups is 1. The number of ketones is 1. The van der Waals surface area contributed by atoms with E-state index in [0.29, 0.717) is 0 Å². The van der Waals surface area contributed by atoms with Crippen LogP contribution >= 0.6 is 0 Å². The lowest BCUT2D eigenvalue weighted by Crippen LogP contribution is -2.36. The number of hydrogen-bond acceptors (Lipinski definition) is 4. The first-order valence-electron chi connectivity index (χ1n) is 9.94. The minimum Gasteiger partial charge on any atom is -0.493 e. The molecule has 3 aliphatic rings. The SMILES string of the molecule is CC1(C)C2=C(CCC(OC3CCCNC3)=C2)C(=O)c2c1oc1ccccc21. The number of nitrogens with one attached hydrogen (secondary N) is 1. The van der Waals surface area contributed by atoms with E-state index in [-0.39, 0.29) is 17.3 Å². The second-order valence-electron chi connectivity index (χ2n) is 8.35. The highest BCUT2D eigenvalue weighted by atomic mass is 16.5. The van der Waals surface area contributed by atoms with Gasteiger partial charge in [0.1, 0.15) is 17.4 Å². The molecule has 2 heterocycles. The molecule has 0 amide bonds. The summed E-state index contributed by atoms with van der Waals surface area (Å²) in [6.07, 6.45) is 6.12. The number of rotatable bonds is 2. The first kappa shape index (κ1) is 16.8. The number of fused-ring (bicyclic) bond motifs is 3. The van der Waals surface area contributed by atoms with Crippen molar-refractivity contribution in [3.63, 3.8) is 0 Å². The third kappa shape index (κ3) is 2.58. The summed E-state index contributed by atoms with van der Waals surface area (Å²) in [5.74, 6) is 1.91. The summed E-state index contributed by atoms with van der Waals surface area (Å²) in [5.41, 5.74) is 3.18. The van der Waals surface area contributed by atoms with Gasteiger partial charge in [-0.05, 0) is 57.4 Å². The summed E-state index contributed by atoms with van der Waals surface area (Å²) < 4.78 is 12.5. The molecule has 0 bridgehead atoms. The Morgan fingerprint density at radius 3 is 2.89 bits per heavy atom. The molecule has 2 aliphatic carbocycles. The van der Waals surface area contributed by atoms with Gasteiger partial charge in [0.25, 0.3) is 0 Å². The van der Waals surface area contributed by atoms with E-state index >= 15 is 0 Å². The second-order valence-corrected chi connectivity index (χ2v) is 8.35. The van der Waals surface area contributed by atoms with Crippen molar-refractivity contribution in [3.05, 3.63) is 58.6 Å². The summed E-state index contributed by atoms with van der Waals surface area (Å²) in [6, 6.07) is 7.84. The van der Waals surface area contributed by atoms with Crippen LogP contribution in [0.1, 0.15) is 55.6 Å². The van der Waals surface area contributed by atoms with Gasteiger partial charge in [-0.25, -0.2) is 0 Å². The van der Waals surface area contributed by atoms with E-state index in [1.54, 1.807) is 0 Å².